The van der Waals surface area contributed by atoms with E-state index >= 15 is 0 Å². The van der Waals surface area contributed by atoms with Gasteiger partial charge in [-0.2, -0.15) is 5.26 Å². The number of benzene rings is 1. The molecule has 1 saturated heterocycles. The fourth-order valence-corrected chi connectivity index (χ4v) is 3.21. The van der Waals surface area contributed by atoms with Crippen molar-refractivity contribution in [1.82, 2.24) is 19.4 Å². The van der Waals surface area contributed by atoms with E-state index in [0.717, 1.165) is 37.6 Å². The SMILES string of the molecule is C[C@@H]1CN(Cc2ccc(F)cc2C#N)CCN1Cc1nccn1C. The van der Waals surface area contributed by atoms with Crippen LogP contribution in [0.4, 0.5) is 4.39 Å². The summed E-state index contributed by atoms with van der Waals surface area (Å²) in [7, 11) is 2.02. The Hall–Kier alpha value is -2.23. The van der Waals surface area contributed by atoms with Crippen molar-refractivity contribution in [1.29, 1.82) is 5.26 Å². The van der Waals surface area contributed by atoms with Crippen molar-refractivity contribution in [3.8, 4) is 6.07 Å². The van der Waals surface area contributed by atoms with Crippen LogP contribution in [0.15, 0.2) is 30.6 Å². The van der Waals surface area contributed by atoms with Gasteiger partial charge in [-0.3, -0.25) is 9.80 Å². The first-order chi connectivity index (χ1) is 11.6. The van der Waals surface area contributed by atoms with Gasteiger partial charge in [-0.1, -0.05) is 6.07 Å². The van der Waals surface area contributed by atoms with Crippen LogP contribution < -0.4 is 0 Å². The molecule has 1 fully saturated rings. The van der Waals surface area contributed by atoms with Gasteiger partial charge >= 0.3 is 0 Å². The van der Waals surface area contributed by atoms with Gasteiger partial charge in [0.15, 0.2) is 0 Å². The molecule has 1 aromatic heterocycles. The van der Waals surface area contributed by atoms with E-state index in [1.807, 2.05) is 19.4 Å². The summed E-state index contributed by atoms with van der Waals surface area (Å²) in [4.78, 5) is 9.15. The monoisotopic (exact) mass is 327 g/mol. The zero-order valence-electron chi connectivity index (χ0n) is 14.1. The molecule has 1 aromatic carbocycles. The topological polar surface area (TPSA) is 48.1 Å². The highest BCUT2D eigenvalue weighted by molar-refractivity contribution is 5.37. The van der Waals surface area contributed by atoms with E-state index in [2.05, 4.69) is 32.3 Å². The number of piperazine rings is 1. The van der Waals surface area contributed by atoms with Crippen LogP contribution in [0.5, 0.6) is 0 Å². The van der Waals surface area contributed by atoms with Gasteiger partial charge in [0.1, 0.15) is 11.6 Å². The summed E-state index contributed by atoms with van der Waals surface area (Å²) in [6, 6.07) is 6.96. The Balaban J connectivity index is 1.62. The van der Waals surface area contributed by atoms with Crippen LogP contribution in [-0.4, -0.2) is 45.0 Å². The number of aromatic nitrogens is 2. The first-order valence-corrected chi connectivity index (χ1v) is 8.18. The van der Waals surface area contributed by atoms with Crippen LogP contribution in [-0.2, 0) is 20.1 Å². The lowest BCUT2D eigenvalue weighted by molar-refractivity contribution is 0.0707. The predicted molar refractivity (Wildman–Crippen MR) is 89.5 cm³/mol. The largest absolute Gasteiger partial charge is 0.337 e. The number of imidazole rings is 1. The lowest BCUT2D eigenvalue weighted by Gasteiger charge is -2.39. The highest BCUT2D eigenvalue weighted by Gasteiger charge is 2.25. The number of hydrogen-bond acceptors (Lipinski definition) is 4. The molecule has 1 atom stereocenters. The van der Waals surface area contributed by atoms with Crippen molar-refractivity contribution in [2.24, 2.45) is 7.05 Å². The molecular formula is C18H22FN5. The van der Waals surface area contributed by atoms with Crippen molar-refractivity contribution in [3.63, 3.8) is 0 Å². The third-order valence-electron chi connectivity index (χ3n) is 4.70. The highest BCUT2D eigenvalue weighted by atomic mass is 19.1. The first kappa shape index (κ1) is 16.6. The Morgan fingerprint density at radius 1 is 1.33 bits per heavy atom. The molecule has 1 aliphatic heterocycles. The smallest absolute Gasteiger partial charge is 0.124 e. The number of hydrogen-bond donors (Lipinski definition) is 0. The molecular weight excluding hydrogens is 305 g/mol. The van der Waals surface area contributed by atoms with E-state index in [0.29, 0.717) is 18.2 Å². The Kier molecular flexibility index (Phi) is 4.93. The van der Waals surface area contributed by atoms with E-state index in [1.54, 1.807) is 6.07 Å². The molecule has 0 spiro atoms. The zero-order chi connectivity index (χ0) is 17.1. The van der Waals surface area contributed by atoms with Gasteiger partial charge in [0.25, 0.3) is 0 Å². The van der Waals surface area contributed by atoms with Gasteiger partial charge in [-0.15, -0.1) is 0 Å². The third kappa shape index (κ3) is 3.64. The minimum Gasteiger partial charge on any atom is -0.337 e. The van der Waals surface area contributed by atoms with Gasteiger partial charge in [-0.05, 0) is 24.6 Å². The second-order valence-electron chi connectivity index (χ2n) is 6.42. The molecule has 0 amide bonds. The van der Waals surface area contributed by atoms with Crippen LogP contribution in [0, 0.1) is 17.1 Å². The molecule has 0 N–H and O–H groups in total. The maximum Gasteiger partial charge on any atom is 0.124 e. The fraction of sp³-hybridized carbons (Fsp3) is 0.444. The molecule has 6 heteroatoms. The summed E-state index contributed by atoms with van der Waals surface area (Å²) in [5.41, 5.74) is 1.32. The summed E-state index contributed by atoms with van der Waals surface area (Å²) >= 11 is 0. The molecule has 0 saturated carbocycles. The molecule has 126 valence electrons. The Morgan fingerprint density at radius 3 is 2.83 bits per heavy atom. The summed E-state index contributed by atoms with van der Waals surface area (Å²) in [5, 5.41) is 9.18. The second kappa shape index (κ2) is 7.12. The van der Waals surface area contributed by atoms with Crippen molar-refractivity contribution >= 4 is 0 Å². The standard InChI is InChI=1S/C18H22FN5/c1-14-11-23(12-15-3-4-17(19)9-16(15)10-20)7-8-24(14)13-18-21-5-6-22(18)2/h3-6,9,14H,7-8,11-13H2,1-2H3/t14-/m1/s1. The van der Waals surface area contributed by atoms with Crippen LogP contribution in [0.2, 0.25) is 0 Å². The molecule has 24 heavy (non-hydrogen) atoms. The molecule has 5 nitrogen and oxygen atoms in total. The van der Waals surface area contributed by atoms with Crippen LogP contribution >= 0.6 is 0 Å². The molecule has 0 aliphatic carbocycles. The number of nitriles is 1. The van der Waals surface area contributed by atoms with Crippen LogP contribution in [0.25, 0.3) is 0 Å². The Morgan fingerprint density at radius 2 is 2.17 bits per heavy atom. The molecule has 2 heterocycles. The lowest BCUT2D eigenvalue weighted by atomic mass is 10.1. The van der Waals surface area contributed by atoms with Crippen molar-refractivity contribution in [2.45, 2.75) is 26.1 Å². The summed E-state index contributed by atoms with van der Waals surface area (Å²) < 4.78 is 15.3. The van der Waals surface area contributed by atoms with E-state index < -0.39 is 0 Å². The number of halogens is 1. The second-order valence-corrected chi connectivity index (χ2v) is 6.42. The molecule has 3 rings (SSSR count). The quantitative estimate of drug-likeness (QED) is 0.863. The minimum absolute atomic E-state index is 0.358. The minimum atomic E-state index is -0.358. The number of rotatable bonds is 4. The van der Waals surface area contributed by atoms with Crippen LogP contribution in [0.1, 0.15) is 23.9 Å². The highest BCUT2D eigenvalue weighted by Crippen LogP contribution is 2.18. The zero-order valence-corrected chi connectivity index (χ0v) is 14.1. The fourth-order valence-electron chi connectivity index (χ4n) is 3.21. The lowest BCUT2D eigenvalue weighted by Crippen LogP contribution is -2.51. The summed E-state index contributed by atoms with van der Waals surface area (Å²) in [6.07, 6.45) is 3.79. The maximum absolute atomic E-state index is 13.3. The average Bonchev–Trinajstić information content (AvgIpc) is 2.96. The Labute approximate surface area is 141 Å². The van der Waals surface area contributed by atoms with Gasteiger partial charge < -0.3 is 4.57 Å². The Bertz CT molecular complexity index is 748. The van der Waals surface area contributed by atoms with E-state index in [-0.39, 0.29) is 5.82 Å². The van der Waals surface area contributed by atoms with Gasteiger partial charge in [0, 0.05) is 51.7 Å². The van der Waals surface area contributed by atoms with Crippen molar-refractivity contribution in [3.05, 3.63) is 53.4 Å². The van der Waals surface area contributed by atoms with E-state index in [1.165, 1.54) is 12.1 Å². The molecule has 0 radical (unpaired) electrons. The van der Waals surface area contributed by atoms with Crippen LogP contribution in [0.3, 0.4) is 0 Å². The first-order valence-electron chi connectivity index (χ1n) is 8.18. The predicted octanol–water partition coefficient (Wildman–Crippen LogP) is 2.14. The normalized spacial score (nSPS) is 19.3. The average molecular weight is 327 g/mol. The van der Waals surface area contributed by atoms with Gasteiger partial charge in [-0.25, -0.2) is 9.37 Å². The molecule has 0 unspecified atom stereocenters. The maximum atomic E-state index is 13.3. The summed E-state index contributed by atoms with van der Waals surface area (Å²) in [6.45, 7) is 6.55. The van der Waals surface area contributed by atoms with E-state index in [9.17, 15) is 9.65 Å². The van der Waals surface area contributed by atoms with Gasteiger partial charge in [0.2, 0.25) is 0 Å². The number of nitrogens with zero attached hydrogens (tertiary/aromatic N) is 5. The molecule has 1 aliphatic rings. The third-order valence-corrected chi connectivity index (χ3v) is 4.70. The number of aryl methyl sites for hydroxylation is 1. The van der Waals surface area contributed by atoms with Crippen molar-refractivity contribution in [2.75, 3.05) is 19.6 Å². The van der Waals surface area contributed by atoms with Gasteiger partial charge in [0.05, 0.1) is 18.2 Å². The molecule has 0 bridgehead atoms. The van der Waals surface area contributed by atoms with Crippen molar-refractivity contribution < 1.29 is 4.39 Å². The molecule has 2 aromatic rings. The van der Waals surface area contributed by atoms with E-state index in [4.69, 9.17) is 0 Å². The summed E-state index contributed by atoms with van der Waals surface area (Å²) in [5.74, 6) is 0.712.